The van der Waals surface area contributed by atoms with Gasteiger partial charge in [0.05, 0.1) is 21.7 Å². The van der Waals surface area contributed by atoms with E-state index in [0.717, 1.165) is 40.1 Å². The first-order valence-electron chi connectivity index (χ1n) is 9.17. The number of pyridine rings is 1. The van der Waals surface area contributed by atoms with E-state index in [0.29, 0.717) is 5.69 Å². The van der Waals surface area contributed by atoms with Crippen LogP contribution in [0.5, 0.6) is 0 Å². The molecule has 0 fully saturated rings. The maximum Gasteiger partial charge on any atom is 0.338 e. The van der Waals surface area contributed by atoms with Crippen molar-refractivity contribution in [2.24, 2.45) is 0 Å². The van der Waals surface area contributed by atoms with Gasteiger partial charge in [-0.25, -0.2) is 18.2 Å². The van der Waals surface area contributed by atoms with Gasteiger partial charge < -0.3 is 4.74 Å². The molecule has 0 N–H and O–H groups in total. The molecule has 156 valence electrons. The van der Waals surface area contributed by atoms with Gasteiger partial charge in [-0.2, -0.15) is 0 Å². The topological polar surface area (TPSA) is 116 Å². The maximum atomic E-state index is 12.5. The average Bonchev–Trinajstić information content (AvgIpc) is 2.76. The molecule has 0 amide bonds. The molecular formula is C22H16N2O6S. The number of esters is 1. The van der Waals surface area contributed by atoms with Crippen molar-refractivity contribution in [3.8, 4) is 0 Å². The van der Waals surface area contributed by atoms with Crippen molar-refractivity contribution in [2.75, 3.05) is 6.26 Å². The van der Waals surface area contributed by atoms with Crippen LogP contribution in [-0.4, -0.2) is 30.6 Å². The molecule has 9 heteroatoms. The largest absolute Gasteiger partial charge is 0.456 e. The molecule has 0 spiro atoms. The normalized spacial score (nSPS) is 11.5. The number of benzene rings is 3. The maximum absolute atomic E-state index is 12.5. The number of hydrogen-bond acceptors (Lipinski definition) is 7. The number of aromatic nitrogens is 1. The zero-order chi connectivity index (χ0) is 22.2. The number of para-hydroxylation sites is 1. The van der Waals surface area contributed by atoms with Gasteiger partial charge in [-0.3, -0.25) is 10.1 Å². The summed E-state index contributed by atoms with van der Waals surface area (Å²) in [7, 11) is -3.83. The van der Waals surface area contributed by atoms with Gasteiger partial charge in [0, 0.05) is 23.1 Å². The predicted octanol–water partition coefficient (Wildman–Crippen LogP) is 4.06. The Morgan fingerprint density at radius 1 is 1.00 bits per heavy atom. The van der Waals surface area contributed by atoms with Crippen LogP contribution in [0.3, 0.4) is 0 Å². The van der Waals surface area contributed by atoms with Crippen molar-refractivity contribution in [1.29, 1.82) is 0 Å². The van der Waals surface area contributed by atoms with Crippen LogP contribution in [-0.2, 0) is 21.2 Å². The number of sulfone groups is 1. The molecule has 0 unspecified atom stereocenters. The minimum absolute atomic E-state index is 0.121. The van der Waals surface area contributed by atoms with Crippen molar-refractivity contribution in [3.05, 3.63) is 88.1 Å². The van der Waals surface area contributed by atoms with E-state index in [-0.39, 0.29) is 12.2 Å². The highest BCUT2D eigenvalue weighted by Crippen LogP contribution is 2.28. The summed E-state index contributed by atoms with van der Waals surface area (Å²) in [4.78, 5) is 27.1. The number of fused-ring (bicyclic) bond motifs is 3. The zero-order valence-electron chi connectivity index (χ0n) is 16.3. The summed E-state index contributed by atoms with van der Waals surface area (Å²) in [5.41, 5.74) is 0.501. The van der Waals surface area contributed by atoms with Crippen LogP contribution in [0.1, 0.15) is 16.1 Å². The number of nitro groups is 1. The lowest BCUT2D eigenvalue weighted by molar-refractivity contribution is -0.387. The van der Waals surface area contributed by atoms with Crippen molar-refractivity contribution in [3.63, 3.8) is 0 Å². The second-order valence-corrected chi connectivity index (χ2v) is 8.89. The van der Waals surface area contributed by atoms with E-state index in [1.807, 2.05) is 48.5 Å². The number of ether oxygens (including phenoxy) is 1. The third-order valence-electron chi connectivity index (χ3n) is 4.82. The van der Waals surface area contributed by atoms with Crippen molar-refractivity contribution in [1.82, 2.24) is 4.98 Å². The Balaban J connectivity index is 1.67. The molecule has 1 heterocycles. The molecule has 0 atom stereocenters. The smallest absolute Gasteiger partial charge is 0.338 e. The summed E-state index contributed by atoms with van der Waals surface area (Å²) < 4.78 is 28.9. The Morgan fingerprint density at radius 3 is 2.32 bits per heavy atom. The van der Waals surface area contributed by atoms with E-state index in [9.17, 15) is 23.3 Å². The summed E-state index contributed by atoms with van der Waals surface area (Å²) in [5.74, 6) is -0.817. The van der Waals surface area contributed by atoms with Gasteiger partial charge in [-0.05, 0) is 23.6 Å². The number of carbonyl (C=O) groups is 1. The van der Waals surface area contributed by atoms with Gasteiger partial charge in [-0.1, -0.05) is 42.5 Å². The molecule has 0 bridgehead atoms. The molecule has 1 aromatic heterocycles. The molecule has 0 aliphatic heterocycles. The van der Waals surface area contributed by atoms with Crippen molar-refractivity contribution < 1.29 is 22.9 Å². The molecule has 8 nitrogen and oxygen atoms in total. The number of rotatable bonds is 5. The summed E-state index contributed by atoms with van der Waals surface area (Å²) in [6, 6.07) is 18.3. The van der Waals surface area contributed by atoms with Crippen LogP contribution in [0.25, 0.3) is 21.7 Å². The second kappa shape index (κ2) is 7.77. The van der Waals surface area contributed by atoms with Gasteiger partial charge >= 0.3 is 5.97 Å². The van der Waals surface area contributed by atoms with Gasteiger partial charge in [0.25, 0.3) is 5.69 Å². The SMILES string of the molecule is CS(=O)(=O)c1ccc(C(=O)OCc2nc3ccccc3c3ccccc23)cc1[N+](=O)[O-]. The molecule has 0 saturated heterocycles. The van der Waals surface area contributed by atoms with E-state index in [1.54, 1.807) is 0 Å². The van der Waals surface area contributed by atoms with E-state index < -0.39 is 31.3 Å². The summed E-state index contributed by atoms with van der Waals surface area (Å²) >= 11 is 0. The molecule has 0 aliphatic rings. The van der Waals surface area contributed by atoms with Gasteiger partial charge in [0.1, 0.15) is 11.5 Å². The first kappa shape index (κ1) is 20.4. The third-order valence-corrected chi connectivity index (χ3v) is 5.96. The number of nitrogens with zero attached hydrogens (tertiary/aromatic N) is 2. The van der Waals surface area contributed by atoms with E-state index in [4.69, 9.17) is 4.74 Å². The highest BCUT2D eigenvalue weighted by Gasteiger charge is 2.24. The Kier molecular flexibility index (Phi) is 5.12. The molecule has 4 rings (SSSR count). The lowest BCUT2D eigenvalue weighted by Crippen LogP contribution is -2.09. The number of nitro benzene ring substituents is 1. The molecule has 0 saturated carbocycles. The second-order valence-electron chi connectivity index (χ2n) is 6.91. The Hall–Kier alpha value is -3.85. The van der Waals surface area contributed by atoms with Gasteiger partial charge in [0.15, 0.2) is 9.84 Å². The Labute approximate surface area is 177 Å². The van der Waals surface area contributed by atoms with Gasteiger partial charge in [-0.15, -0.1) is 0 Å². The van der Waals surface area contributed by atoms with Crippen LogP contribution in [0.4, 0.5) is 5.69 Å². The lowest BCUT2D eigenvalue weighted by Gasteiger charge is -2.10. The average molecular weight is 436 g/mol. The number of hydrogen-bond donors (Lipinski definition) is 0. The summed E-state index contributed by atoms with van der Waals surface area (Å²) in [5, 5.41) is 14.0. The zero-order valence-corrected chi connectivity index (χ0v) is 17.1. The first-order chi connectivity index (χ1) is 14.8. The minimum Gasteiger partial charge on any atom is -0.456 e. The van der Waals surface area contributed by atoms with E-state index >= 15 is 0 Å². The first-order valence-corrected chi connectivity index (χ1v) is 11.1. The highest BCUT2D eigenvalue weighted by molar-refractivity contribution is 7.90. The fourth-order valence-electron chi connectivity index (χ4n) is 3.40. The fourth-order valence-corrected chi connectivity index (χ4v) is 4.23. The van der Waals surface area contributed by atoms with Crippen LogP contribution < -0.4 is 0 Å². The van der Waals surface area contributed by atoms with Crippen LogP contribution in [0, 0.1) is 10.1 Å². The fraction of sp³-hybridized carbons (Fsp3) is 0.0909. The molecular weight excluding hydrogens is 420 g/mol. The molecule has 0 aliphatic carbocycles. The predicted molar refractivity (Wildman–Crippen MR) is 115 cm³/mol. The van der Waals surface area contributed by atoms with E-state index in [2.05, 4.69) is 4.98 Å². The standard InChI is InChI=1S/C22H16N2O6S/c1-31(28,29)21-11-10-14(12-20(21)24(26)27)22(25)30-13-19-17-8-3-2-6-15(17)16-7-4-5-9-18(16)23-19/h2-12H,13H2,1H3. The number of carbonyl (C=O) groups excluding carboxylic acids is 1. The third kappa shape index (κ3) is 3.95. The molecule has 4 aromatic rings. The van der Waals surface area contributed by atoms with Crippen LogP contribution in [0.15, 0.2) is 71.6 Å². The van der Waals surface area contributed by atoms with E-state index in [1.165, 1.54) is 6.07 Å². The van der Waals surface area contributed by atoms with Crippen LogP contribution >= 0.6 is 0 Å². The Morgan fingerprint density at radius 2 is 1.65 bits per heavy atom. The quantitative estimate of drug-likeness (QED) is 0.200. The molecule has 0 radical (unpaired) electrons. The van der Waals surface area contributed by atoms with Crippen molar-refractivity contribution in [2.45, 2.75) is 11.5 Å². The summed E-state index contributed by atoms with van der Waals surface area (Å²) in [6.45, 7) is -0.147. The highest BCUT2D eigenvalue weighted by atomic mass is 32.2. The monoisotopic (exact) mass is 436 g/mol. The Bertz CT molecular complexity index is 1460. The lowest BCUT2D eigenvalue weighted by atomic mass is 10.0. The van der Waals surface area contributed by atoms with Crippen molar-refractivity contribution >= 4 is 43.2 Å². The summed E-state index contributed by atoms with van der Waals surface area (Å²) in [6.07, 6.45) is 0.865. The molecule has 31 heavy (non-hydrogen) atoms. The minimum atomic E-state index is -3.83. The van der Waals surface area contributed by atoms with Crippen LogP contribution in [0.2, 0.25) is 0 Å². The van der Waals surface area contributed by atoms with Gasteiger partial charge in [0.2, 0.25) is 0 Å². The molecule has 3 aromatic carbocycles.